The lowest BCUT2D eigenvalue weighted by Crippen LogP contribution is -2.28. The lowest BCUT2D eigenvalue weighted by Gasteiger charge is -2.15. The molecule has 3 nitrogen and oxygen atoms in total. The Morgan fingerprint density at radius 1 is 1.25 bits per heavy atom. The summed E-state index contributed by atoms with van der Waals surface area (Å²) in [6.45, 7) is 0.379. The molecule has 0 saturated heterocycles. The van der Waals surface area contributed by atoms with Gasteiger partial charge in [-0.2, -0.15) is 0 Å². The van der Waals surface area contributed by atoms with Crippen LogP contribution in [0.5, 0.6) is 0 Å². The highest BCUT2D eigenvalue weighted by molar-refractivity contribution is 9.10. The summed E-state index contributed by atoms with van der Waals surface area (Å²) in [7, 11) is 0. The van der Waals surface area contributed by atoms with Crippen LogP contribution < -0.4 is 5.32 Å². The first-order valence-electron chi connectivity index (χ1n) is 6.03. The molecule has 0 aliphatic carbocycles. The van der Waals surface area contributed by atoms with E-state index >= 15 is 0 Å². The molecule has 2 N–H and O–H groups in total. The van der Waals surface area contributed by atoms with E-state index in [0.29, 0.717) is 17.1 Å². The third-order valence-electron chi connectivity index (χ3n) is 2.88. The molecule has 0 amide bonds. The summed E-state index contributed by atoms with van der Waals surface area (Å²) in [5, 5.41) is 12.9. The van der Waals surface area contributed by atoms with E-state index < -0.39 is 12.0 Å². The second kappa shape index (κ2) is 6.88. The van der Waals surface area contributed by atoms with Crippen LogP contribution in [0.2, 0.25) is 5.02 Å². The summed E-state index contributed by atoms with van der Waals surface area (Å²) in [5.74, 6) is -0.915. The normalized spacial score (nSPS) is 12.1. The second-order valence-electron chi connectivity index (χ2n) is 4.30. The van der Waals surface area contributed by atoms with Crippen LogP contribution in [0.25, 0.3) is 0 Å². The molecule has 0 aliphatic heterocycles. The van der Waals surface area contributed by atoms with Crippen molar-refractivity contribution in [2.75, 3.05) is 0 Å². The summed E-state index contributed by atoms with van der Waals surface area (Å²) in [5.41, 5.74) is 1.56. The van der Waals surface area contributed by atoms with Crippen molar-refractivity contribution < 1.29 is 9.90 Å². The molecule has 0 aromatic heterocycles. The van der Waals surface area contributed by atoms with E-state index in [0.717, 1.165) is 10.0 Å². The van der Waals surface area contributed by atoms with Gasteiger partial charge in [0, 0.05) is 16.0 Å². The van der Waals surface area contributed by atoms with Crippen molar-refractivity contribution in [1.29, 1.82) is 0 Å². The first kappa shape index (κ1) is 15.0. The molecule has 0 saturated carbocycles. The van der Waals surface area contributed by atoms with Gasteiger partial charge >= 0.3 is 5.97 Å². The molecular weight excluding hydrogens is 342 g/mol. The van der Waals surface area contributed by atoms with Crippen LogP contribution in [0, 0.1) is 0 Å². The third-order valence-corrected chi connectivity index (χ3v) is 3.75. The number of aliphatic carboxylic acids is 1. The standard InChI is InChI=1S/C15H13BrClNO2/c16-12-6-7-13(17)11(8-12)9-18-14(15(19)20)10-4-2-1-3-5-10/h1-8,14,18H,9H2,(H,19,20). The Balaban J connectivity index is 2.14. The minimum absolute atomic E-state index is 0.379. The Morgan fingerprint density at radius 2 is 1.95 bits per heavy atom. The molecule has 2 aromatic carbocycles. The zero-order valence-electron chi connectivity index (χ0n) is 10.5. The number of halogens is 2. The van der Waals surface area contributed by atoms with E-state index in [1.165, 1.54) is 0 Å². The van der Waals surface area contributed by atoms with Crippen molar-refractivity contribution in [2.45, 2.75) is 12.6 Å². The molecule has 5 heteroatoms. The lowest BCUT2D eigenvalue weighted by molar-refractivity contribution is -0.139. The first-order chi connectivity index (χ1) is 9.58. The molecule has 2 rings (SSSR count). The maximum absolute atomic E-state index is 11.4. The maximum atomic E-state index is 11.4. The van der Waals surface area contributed by atoms with Crippen LogP contribution in [0.15, 0.2) is 53.0 Å². The number of carbonyl (C=O) groups is 1. The number of hydrogen-bond donors (Lipinski definition) is 2. The quantitative estimate of drug-likeness (QED) is 0.852. The van der Waals surface area contributed by atoms with E-state index in [4.69, 9.17) is 11.6 Å². The predicted molar refractivity (Wildman–Crippen MR) is 82.8 cm³/mol. The van der Waals surface area contributed by atoms with Crippen molar-refractivity contribution >= 4 is 33.5 Å². The van der Waals surface area contributed by atoms with E-state index in [2.05, 4.69) is 21.2 Å². The summed E-state index contributed by atoms with van der Waals surface area (Å²) in [6, 6.07) is 13.8. The molecule has 0 fully saturated rings. The van der Waals surface area contributed by atoms with Gasteiger partial charge in [0.25, 0.3) is 0 Å². The zero-order valence-corrected chi connectivity index (χ0v) is 12.9. The second-order valence-corrected chi connectivity index (χ2v) is 5.62. The largest absolute Gasteiger partial charge is 0.480 e. The van der Waals surface area contributed by atoms with Gasteiger partial charge in [-0.1, -0.05) is 57.9 Å². The molecule has 0 radical (unpaired) electrons. The van der Waals surface area contributed by atoms with Crippen molar-refractivity contribution in [3.05, 3.63) is 69.2 Å². The van der Waals surface area contributed by atoms with E-state index in [1.807, 2.05) is 30.3 Å². The summed E-state index contributed by atoms with van der Waals surface area (Å²) in [6.07, 6.45) is 0. The van der Waals surface area contributed by atoms with Gasteiger partial charge in [-0.3, -0.25) is 10.1 Å². The van der Waals surface area contributed by atoms with Gasteiger partial charge in [-0.05, 0) is 29.3 Å². The molecule has 0 heterocycles. The first-order valence-corrected chi connectivity index (χ1v) is 7.20. The fourth-order valence-corrected chi connectivity index (χ4v) is 2.48. The number of nitrogens with one attached hydrogen (secondary N) is 1. The highest BCUT2D eigenvalue weighted by Crippen LogP contribution is 2.22. The Hall–Kier alpha value is -1.36. The molecule has 2 aromatic rings. The van der Waals surface area contributed by atoms with Crippen molar-refractivity contribution in [3.8, 4) is 0 Å². The summed E-state index contributed by atoms with van der Waals surface area (Å²) in [4.78, 5) is 11.4. The Kier molecular flexibility index (Phi) is 5.17. The van der Waals surface area contributed by atoms with Crippen LogP contribution >= 0.6 is 27.5 Å². The topological polar surface area (TPSA) is 49.3 Å². The number of hydrogen-bond acceptors (Lipinski definition) is 2. The molecule has 1 unspecified atom stereocenters. The average Bonchev–Trinajstić information content (AvgIpc) is 2.43. The predicted octanol–water partition coefficient (Wildman–Crippen LogP) is 4.02. The zero-order chi connectivity index (χ0) is 14.5. The fourth-order valence-electron chi connectivity index (χ4n) is 1.88. The number of carboxylic acids is 1. The monoisotopic (exact) mass is 353 g/mol. The van der Waals surface area contributed by atoms with Gasteiger partial charge in [0.05, 0.1) is 0 Å². The summed E-state index contributed by atoms with van der Waals surface area (Å²) >= 11 is 9.47. The van der Waals surface area contributed by atoms with Crippen molar-refractivity contribution in [2.24, 2.45) is 0 Å². The average molecular weight is 355 g/mol. The van der Waals surface area contributed by atoms with Crippen molar-refractivity contribution in [3.63, 3.8) is 0 Å². The highest BCUT2D eigenvalue weighted by atomic mass is 79.9. The van der Waals surface area contributed by atoms with Crippen LogP contribution in [0.3, 0.4) is 0 Å². The van der Waals surface area contributed by atoms with Crippen LogP contribution in [-0.4, -0.2) is 11.1 Å². The Labute approximate surface area is 130 Å². The molecule has 1 atom stereocenters. The smallest absolute Gasteiger partial charge is 0.325 e. The van der Waals surface area contributed by atoms with Crippen LogP contribution in [0.4, 0.5) is 0 Å². The van der Waals surface area contributed by atoms with E-state index in [1.54, 1.807) is 18.2 Å². The molecule has 20 heavy (non-hydrogen) atoms. The number of rotatable bonds is 5. The molecule has 0 aliphatic rings. The minimum Gasteiger partial charge on any atom is -0.480 e. The minimum atomic E-state index is -0.915. The van der Waals surface area contributed by atoms with Gasteiger partial charge in [0.15, 0.2) is 0 Å². The van der Waals surface area contributed by atoms with Gasteiger partial charge in [-0.25, -0.2) is 0 Å². The SMILES string of the molecule is O=C(O)C(NCc1cc(Br)ccc1Cl)c1ccccc1. The maximum Gasteiger partial charge on any atom is 0.325 e. The van der Waals surface area contributed by atoms with Crippen LogP contribution in [-0.2, 0) is 11.3 Å². The van der Waals surface area contributed by atoms with Gasteiger partial charge in [0.2, 0.25) is 0 Å². The lowest BCUT2D eigenvalue weighted by atomic mass is 10.1. The van der Waals surface area contributed by atoms with Gasteiger partial charge < -0.3 is 5.11 Å². The van der Waals surface area contributed by atoms with Gasteiger partial charge in [0.1, 0.15) is 6.04 Å². The number of benzene rings is 2. The third kappa shape index (κ3) is 3.82. The van der Waals surface area contributed by atoms with Gasteiger partial charge in [-0.15, -0.1) is 0 Å². The van der Waals surface area contributed by atoms with Crippen LogP contribution in [0.1, 0.15) is 17.2 Å². The molecule has 0 spiro atoms. The Bertz CT molecular complexity index is 604. The Morgan fingerprint density at radius 3 is 2.60 bits per heavy atom. The molecule has 0 bridgehead atoms. The summed E-state index contributed by atoms with van der Waals surface area (Å²) < 4.78 is 0.908. The molecular formula is C15H13BrClNO2. The van der Waals surface area contributed by atoms with Crippen molar-refractivity contribution in [1.82, 2.24) is 5.32 Å². The highest BCUT2D eigenvalue weighted by Gasteiger charge is 2.19. The van der Waals surface area contributed by atoms with E-state index in [9.17, 15) is 9.90 Å². The number of carboxylic acid groups (broad SMARTS) is 1. The van der Waals surface area contributed by atoms with E-state index in [-0.39, 0.29) is 0 Å². The molecule has 104 valence electrons. The fraction of sp³-hybridized carbons (Fsp3) is 0.133.